The molecule has 0 saturated carbocycles. The molecule has 0 saturated heterocycles. The third-order valence-corrected chi connectivity index (χ3v) is 4.93. The van der Waals surface area contributed by atoms with E-state index in [1.54, 1.807) is 7.11 Å². The van der Waals surface area contributed by atoms with Crippen LogP contribution in [0.1, 0.15) is 0 Å². The molecule has 0 aromatic heterocycles. The average molecular weight is 197 g/mol. The summed E-state index contributed by atoms with van der Waals surface area (Å²) >= 11 is 0. The molecule has 72 valence electrons. The molecule has 0 aliphatic carbocycles. The van der Waals surface area contributed by atoms with E-state index in [-0.39, 0.29) is 6.73 Å². The molecule has 3 nitrogen and oxygen atoms in total. The van der Waals surface area contributed by atoms with Gasteiger partial charge in [-0.05, 0) is 11.7 Å². The first-order valence-corrected chi connectivity index (χ1v) is 6.49. The zero-order valence-corrected chi connectivity index (χ0v) is 8.99. The van der Waals surface area contributed by atoms with Gasteiger partial charge in [-0.2, -0.15) is 0 Å². The van der Waals surface area contributed by atoms with Gasteiger partial charge in [0.2, 0.25) is 0 Å². The van der Waals surface area contributed by atoms with Crippen molar-refractivity contribution in [3.8, 4) is 0 Å². The van der Waals surface area contributed by atoms with Gasteiger partial charge in [0, 0.05) is 7.11 Å². The standard InChI is InChI=1S/C9H15NO2Si/c1-11-13(2,12-8-10)9-6-4-3-5-7-9/h3-7H,8,10H2,1-2H3. The van der Waals surface area contributed by atoms with E-state index >= 15 is 0 Å². The number of nitrogens with two attached hydrogens (primary N) is 1. The largest absolute Gasteiger partial charge is 0.394 e. The molecule has 0 aliphatic heterocycles. The van der Waals surface area contributed by atoms with E-state index in [0.717, 1.165) is 5.19 Å². The normalized spacial score (nSPS) is 15.3. The van der Waals surface area contributed by atoms with E-state index in [0.29, 0.717) is 0 Å². The Kier molecular flexibility index (Phi) is 3.62. The molecule has 0 radical (unpaired) electrons. The number of hydrogen-bond acceptors (Lipinski definition) is 3. The van der Waals surface area contributed by atoms with E-state index in [1.165, 1.54) is 0 Å². The summed E-state index contributed by atoms with van der Waals surface area (Å²) in [4.78, 5) is 0. The molecule has 0 aliphatic rings. The molecule has 1 rings (SSSR count). The van der Waals surface area contributed by atoms with Crippen LogP contribution in [-0.2, 0) is 8.85 Å². The first-order chi connectivity index (χ1) is 6.23. The van der Waals surface area contributed by atoms with E-state index in [9.17, 15) is 0 Å². The maximum absolute atomic E-state index is 5.46. The van der Waals surface area contributed by atoms with Crippen molar-refractivity contribution in [3.63, 3.8) is 0 Å². The molecular weight excluding hydrogens is 182 g/mol. The highest BCUT2D eigenvalue weighted by atomic mass is 28.4. The van der Waals surface area contributed by atoms with Crippen molar-refractivity contribution in [3.05, 3.63) is 30.3 Å². The summed E-state index contributed by atoms with van der Waals surface area (Å²) < 4.78 is 10.9. The van der Waals surface area contributed by atoms with E-state index < -0.39 is 8.56 Å². The second-order valence-corrected chi connectivity index (χ2v) is 5.99. The Hall–Kier alpha value is -0.683. The molecule has 0 fully saturated rings. The molecule has 1 aromatic rings. The van der Waals surface area contributed by atoms with Crippen LogP contribution in [0.25, 0.3) is 0 Å². The van der Waals surface area contributed by atoms with E-state index in [1.807, 2.05) is 36.9 Å². The Morgan fingerprint density at radius 3 is 2.38 bits per heavy atom. The first kappa shape index (κ1) is 10.4. The Morgan fingerprint density at radius 2 is 1.92 bits per heavy atom. The monoisotopic (exact) mass is 197 g/mol. The van der Waals surface area contributed by atoms with Crippen LogP contribution < -0.4 is 10.9 Å². The SMILES string of the molecule is CO[Si](C)(OCN)c1ccccc1. The highest BCUT2D eigenvalue weighted by molar-refractivity contribution is 6.79. The lowest BCUT2D eigenvalue weighted by Gasteiger charge is -2.24. The minimum atomic E-state index is -2.22. The van der Waals surface area contributed by atoms with Crippen molar-refractivity contribution < 1.29 is 8.85 Å². The molecule has 13 heavy (non-hydrogen) atoms. The fourth-order valence-electron chi connectivity index (χ4n) is 1.16. The van der Waals surface area contributed by atoms with Crippen molar-refractivity contribution in [2.75, 3.05) is 13.8 Å². The summed E-state index contributed by atoms with van der Waals surface area (Å²) in [5, 5.41) is 1.10. The molecule has 1 aromatic carbocycles. The number of hydrogen-bond donors (Lipinski definition) is 1. The number of rotatable bonds is 4. The van der Waals surface area contributed by atoms with Gasteiger partial charge < -0.3 is 14.6 Å². The van der Waals surface area contributed by atoms with Gasteiger partial charge in [-0.25, -0.2) is 0 Å². The maximum Gasteiger partial charge on any atom is 0.370 e. The lowest BCUT2D eigenvalue weighted by molar-refractivity contribution is 0.224. The highest BCUT2D eigenvalue weighted by Crippen LogP contribution is 2.05. The fraction of sp³-hybridized carbons (Fsp3) is 0.333. The molecule has 4 heteroatoms. The summed E-state index contributed by atoms with van der Waals surface area (Å²) in [5.41, 5.74) is 5.36. The molecule has 2 N–H and O–H groups in total. The summed E-state index contributed by atoms with van der Waals surface area (Å²) in [6, 6.07) is 9.92. The Balaban J connectivity index is 2.89. The van der Waals surface area contributed by atoms with Crippen LogP contribution in [0.3, 0.4) is 0 Å². The Labute approximate surface area is 79.7 Å². The lowest BCUT2D eigenvalue weighted by atomic mass is 10.4. The van der Waals surface area contributed by atoms with Gasteiger partial charge in [0.25, 0.3) is 0 Å². The predicted octanol–water partition coefficient (Wildman–Crippen LogP) is 0.545. The van der Waals surface area contributed by atoms with Crippen LogP contribution in [0.5, 0.6) is 0 Å². The van der Waals surface area contributed by atoms with Crippen LogP contribution in [0, 0.1) is 0 Å². The van der Waals surface area contributed by atoms with Crippen molar-refractivity contribution in [1.29, 1.82) is 0 Å². The highest BCUT2D eigenvalue weighted by Gasteiger charge is 2.32. The maximum atomic E-state index is 5.46. The van der Waals surface area contributed by atoms with Crippen molar-refractivity contribution in [2.24, 2.45) is 5.73 Å². The molecule has 0 bridgehead atoms. The van der Waals surface area contributed by atoms with Crippen molar-refractivity contribution in [1.82, 2.24) is 0 Å². The van der Waals surface area contributed by atoms with Gasteiger partial charge in [0.1, 0.15) is 0 Å². The average Bonchev–Trinajstić information content (AvgIpc) is 2.19. The molecular formula is C9H15NO2Si. The zero-order valence-electron chi connectivity index (χ0n) is 7.99. The summed E-state index contributed by atoms with van der Waals surface area (Å²) in [6.45, 7) is 2.18. The molecule has 1 atom stereocenters. The van der Waals surface area contributed by atoms with Gasteiger partial charge in [-0.15, -0.1) is 0 Å². The van der Waals surface area contributed by atoms with Gasteiger partial charge in [-0.1, -0.05) is 30.3 Å². The van der Waals surface area contributed by atoms with Gasteiger partial charge in [-0.3, -0.25) is 0 Å². The van der Waals surface area contributed by atoms with Crippen molar-refractivity contribution in [2.45, 2.75) is 6.55 Å². The second kappa shape index (κ2) is 4.52. The molecule has 0 amide bonds. The first-order valence-electron chi connectivity index (χ1n) is 4.17. The van der Waals surface area contributed by atoms with Crippen LogP contribution in [-0.4, -0.2) is 22.4 Å². The van der Waals surface area contributed by atoms with Crippen LogP contribution in [0.15, 0.2) is 30.3 Å². The third-order valence-electron chi connectivity index (χ3n) is 2.05. The Bertz CT molecular complexity index is 255. The zero-order chi connectivity index (χ0) is 9.73. The predicted molar refractivity (Wildman–Crippen MR) is 54.8 cm³/mol. The summed E-state index contributed by atoms with van der Waals surface area (Å²) in [6.07, 6.45) is 0. The van der Waals surface area contributed by atoms with Gasteiger partial charge >= 0.3 is 8.56 Å². The quantitative estimate of drug-likeness (QED) is 0.566. The minimum Gasteiger partial charge on any atom is -0.394 e. The lowest BCUT2D eigenvalue weighted by Crippen LogP contribution is -2.51. The fourth-order valence-corrected chi connectivity index (χ4v) is 2.80. The molecule has 0 heterocycles. The van der Waals surface area contributed by atoms with E-state index in [2.05, 4.69) is 0 Å². The second-order valence-electron chi connectivity index (χ2n) is 2.83. The molecule has 0 spiro atoms. The van der Waals surface area contributed by atoms with Crippen LogP contribution >= 0.6 is 0 Å². The molecule has 1 unspecified atom stereocenters. The Morgan fingerprint density at radius 1 is 1.31 bits per heavy atom. The topological polar surface area (TPSA) is 44.5 Å². The van der Waals surface area contributed by atoms with Crippen LogP contribution in [0.2, 0.25) is 6.55 Å². The smallest absolute Gasteiger partial charge is 0.370 e. The van der Waals surface area contributed by atoms with Crippen LogP contribution in [0.4, 0.5) is 0 Å². The van der Waals surface area contributed by atoms with Crippen molar-refractivity contribution >= 4 is 13.7 Å². The minimum absolute atomic E-state index is 0.200. The number of benzene rings is 1. The third kappa shape index (κ3) is 2.38. The summed E-state index contributed by atoms with van der Waals surface area (Å²) in [7, 11) is -0.563. The van der Waals surface area contributed by atoms with Gasteiger partial charge in [0.15, 0.2) is 0 Å². The van der Waals surface area contributed by atoms with E-state index in [4.69, 9.17) is 14.6 Å². The van der Waals surface area contributed by atoms with Gasteiger partial charge in [0.05, 0.1) is 6.73 Å². The summed E-state index contributed by atoms with van der Waals surface area (Å²) in [5.74, 6) is 0.